The minimum Gasteiger partial charge on any atom is -0.389 e. The van der Waals surface area contributed by atoms with Crippen LogP contribution in [0.2, 0.25) is 0 Å². The summed E-state index contributed by atoms with van der Waals surface area (Å²) in [5, 5.41) is 0. The standard InChI is InChI=1S/C15H21BrN2S/c1-2-3-11-6-8-18(9-7-11)14-5-4-12(16)10-13(14)15(17)19/h4-5,10-11H,2-3,6-9H2,1H3,(H2,17,19). The van der Waals surface area contributed by atoms with Crippen LogP contribution in [-0.2, 0) is 0 Å². The van der Waals surface area contributed by atoms with Crippen molar-refractivity contribution >= 4 is 38.8 Å². The van der Waals surface area contributed by atoms with Gasteiger partial charge in [0.25, 0.3) is 0 Å². The second-order valence-electron chi connectivity index (χ2n) is 5.24. The summed E-state index contributed by atoms with van der Waals surface area (Å²) in [5.74, 6) is 0.893. The summed E-state index contributed by atoms with van der Waals surface area (Å²) in [6, 6.07) is 6.21. The molecule has 0 bridgehead atoms. The highest BCUT2D eigenvalue weighted by Crippen LogP contribution is 2.30. The molecule has 104 valence electrons. The Hall–Kier alpha value is -0.610. The number of hydrogen-bond donors (Lipinski definition) is 1. The Morgan fingerprint density at radius 1 is 1.42 bits per heavy atom. The number of hydrogen-bond acceptors (Lipinski definition) is 2. The van der Waals surface area contributed by atoms with Gasteiger partial charge in [-0.2, -0.15) is 0 Å². The fourth-order valence-electron chi connectivity index (χ4n) is 2.85. The van der Waals surface area contributed by atoms with Crippen molar-refractivity contribution in [1.29, 1.82) is 0 Å². The molecule has 19 heavy (non-hydrogen) atoms. The number of halogens is 1. The topological polar surface area (TPSA) is 29.3 Å². The van der Waals surface area contributed by atoms with Crippen LogP contribution in [0, 0.1) is 5.92 Å². The number of rotatable bonds is 4. The van der Waals surface area contributed by atoms with Gasteiger partial charge in [-0.1, -0.05) is 47.9 Å². The Kier molecular flexibility index (Phi) is 5.22. The van der Waals surface area contributed by atoms with E-state index in [4.69, 9.17) is 18.0 Å². The Morgan fingerprint density at radius 2 is 2.11 bits per heavy atom. The van der Waals surface area contributed by atoms with E-state index in [1.54, 1.807) is 0 Å². The molecule has 1 saturated heterocycles. The molecule has 0 saturated carbocycles. The predicted octanol–water partition coefficient (Wildman–Crippen LogP) is 4.10. The zero-order valence-electron chi connectivity index (χ0n) is 11.4. The van der Waals surface area contributed by atoms with E-state index in [1.807, 2.05) is 6.07 Å². The fourth-order valence-corrected chi connectivity index (χ4v) is 3.38. The molecule has 0 spiro atoms. The van der Waals surface area contributed by atoms with Gasteiger partial charge in [0.1, 0.15) is 4.99 Å². The van der Waals surface area contributed by atoms with Gasteiger partial charge < -0.3 is 10.6 Å². The highest BCUT2D eigenvalue weighted by atomic mass is 79.9. The zero-order valence-corrected chi connectivity index (χ0v) is 13.8. The van der Waals surface area contributed by atoms with Gasteiger partial charge in [-0.3, -0.25) is 0 Å². The van der Waals surface area contributed by atoms with Crippen molar-refractivity contribution in [1.82, 2.24) is 0 Å². The van der Waals surface area contributed by atoms with Crippen molar-refractivity contribution in [2.45, 2.75) is 32.6 Å². The average Bonchev–Trinajstić information content (AvgIpc) is 2.40. The third kappa shape index (κ3) is 3.69. The number of nitrogens with zero attached hydrogens (tertiary/aromatic N) is 1. The van der Waals surface area contributed by atoms with Gasteiger partial charge in [0.05, 0.1) is 0 Å². The molecule has 2 rings (SSSR count). The number of thiocarbonyl (C=S) groups is 1. The number of piperidine rings is 1. The molecule has 0 aromatic heterocycles. The van der Waals surface area contributed by atoms with E-state index in [9.17, 15) is 0 Å². The summed E-state index contributed by atoms with van der Waals surface area (Å²) < 4.78 is 1.03. The first kappa shape index (κ1) is 14.8. The Labute approximate surface area is 129 Å². The monoisotopic (exact) mass is 340 g/mol. The summed E-state index contributed by atoms with van der Waals surface area (Å²) in [5.41, 5.74) is 8.02. The van der Waals surface area contributed by atoms with Crippen molar-refractivity contribution in [2.75, 3.05) is 18.0 Å². The third-order valence-corrected chi connectivity index (χ3v) is 4.59. The molecule has 0 atom stereocenters. The molecule has 2 N–H and O–H groups in total. The van der Waals surface area contributed by atoms with Crippen LogP contribution in [-0.4, -0.2) is 18.1 Å². The van der Waals surface area contributed by atoms with E-state index < -0.39 is 0 Å². The third-order valence-electron chi connectivity index (χ3n) is 3.88. The summed E-state index contributed by atoms with van der Waals surface area (Å²) in [7, 11) is 0. The van der Waals surface area contributed by atoms with Crippen molar-refractivity contribution in [3.63, 3.8) is 0 Å². The lowest BCUT2D eigenvalue weighted by molar-refractivity contribution is 0.378. The predicted molar refractivity (Wildman–Crippen MR) is 89.9 cm³/mol. The van der Waals surface area contributed by atoms with Gasteiger partial charge >= 0.3 is 0 Å². The summed E-state index contributed by atoms with van der Waals surface area (Å²) in [4.78, 5) is 2.90. The Bertz CT molecular complexity index is 453. The molecule has 1 fully saturated rings. The molecule has 0 amide bonds. The van der Waals surface area contributed by atoms with Gasteiger partial charge in [-0.05, 0) is 37.0 Å². The largest absolute Gasteiger partial charge is 0.389 e. The molecule has 1 heterocycles. The highest BCUT2D eigenvalue weighted by molar-refractivity contribution is 9.10. The first-order chi connectivity index (χ1) is 9.11. The van der Waals surface area contributed by atoms with Crippen LogP contribution in [0.15, 0.2) is 22.7 Å². The van der Waals surface area contributed by atoms with Gasteiger partial charge in [-0.15, -0.1) is 0 Å². The molecular formula is C15H21BrN2S. The Morgan fingerprint density at radius 3 is 2.68 bits per heavy atom. The molecule has 0 radical (unpaired) electrons. The normalized spacial score (nSPS) is 16.6. The van der Waals surface area contributed by atoms with Crippen LogP contribution in [0.5, 0.6) is 0 Å². The molecule has 1 aliphatic heterocycles. The van der Waals surface area contributed by atoms with Crippen LogP contribution in [0.4, 0.5) is 5.69 Å². The summed E-state index contributed by atoms with van der Waals surface area (Å²) >= 11 is 8.66. The van der Waals surface area contributed by atoms with Gasteiger partial charge in [0.2, 0.25) is 0 Å². The highest BCUT2D eigenvalue weighted by Gasteiger charge is 2.21. The van der Waals surface area contributed by atoms with Crippen LogP contribution < -0.4 is 10.6 Å². The molecule has 4 heteroatoms. The number of nitrogens with two attached hydrogens (primary N) is 1. The lowest BCUT2D eigenvalue weighted by Crippen LogP contribution is -2.35. The lowest BCUT2D eigenvalue weighted by atomic mass is 9.92. The van der Waals surface area contributed by atoms with Crippen molar-refractivity contribution in [3.05, 3.63) is 28.2 Å². The van der Waals surface area contributed by atoms with Crippen LogP contribution in [0.1, 0.15) is 38.2 Å². The van der Waals surface area contributed by atoms with Crippen LogP contribution in [0.3, 0.4) is 0 Å². The quantitative estimate of drug-likeness (QED) is 0.836. The van der Waals surface area contributed by atoms with E-state index in [2.05, 4.69) is 39.9 Å². The molecule has 1 aliphatic rings. The van der Waals surface area contributed by atoms with E-state index in [1.165, 1.54) is 31.4 Å². The Balaban J connectivity index is 2.13. The van der Waals surface area contributed by atoms with E-state index in [0.29, 0.717) is 4.99 Å². The molecule has 1 aromatic rings. The summed E-state index contributed by atoms with van der Waals surface area (Å²) in [6.07, 6.45) is 5.21. The van der Waals surface area contributed by atoms with Crippen LogP contribution in [0.25, 0.3) is 0 Å². The van der Waals surface area contributed by atoms with E-state index in [-0.39, 0.29) is 0 Å². The molecule has 1 aromatic carbocycles. The van der Waals surface area contributed by atoms with E-state index in [0.717, 1.165) is 29.0 Å². The molecule has 0 aliphatic carbocycles. The first-order valence-electron chi connectivity index (χ1n) is 6.96. The second-order valence-corrected chi connectivity index (χ2v) is 6.60. The summed E-state index contributed by atoms with van der Waals surface area (Å²) in [6.45, 7) is 4.50. The van der Waals surface area contributed by atoms with Gasteiger partial charge in [-0.25, -0.2) is 0 Å². The molecule has 0 unspecified atom stereocenters. The zero-order chi connectivity index (χ0) is 13.8. The average molecular weight is 341 g/mol. The number of benzene rings is 1. The first-order valence-corrected chi connectivity index (χ1v) is 8.16. The van der Waals surface area contributed by atoms with E-state index >= 15 is 0 Å². The maximum Gasteiger partial charge on any atom is 0.106 e. The fraction of sp³-hybridized carbons (Fsp3) is 0.533. The smallest absolute Gasteiger partial charge is 0.106 e. The lowest BCUT2D eigenvalue weighted by Gasteiger charge is -2.34. The van der Waals surface area contributed by atoms with Crippen molar-refractivity contribution in [2.24, 2.45) is 11.7 Å². The SMILES string of the molecule is CCCC1CCN(c2ccc(Br)cc2C(N)=S)CC1. The second kappa shape index (κ2) is 6.71. The molecular weight excluding hydrogens is 320 g/mol. The minimum absolute atomic E-state index is 0.479. The van der Waals surface area contributed by atoms with Gasteiger partial charge in [0, 0.05) is 28.8 Å². The maximum atomic E-state index is 5.85. The van der Waals surface area contributed by atoms with Gasteiger partial charge in [0.15, 0.2) is 0 Å². The van der Waals surface area contributed by atoms with Crippen molar-refractivity contribution < 1.29 is 0 Å². The van der Waals surface area contributed by atoms with Crippen LogP contribution >= 0.6 is 28.1 Å². The van der Waals surface area contributed by atoms with Crippen molar-refractivity contribution in [3.8, 4) is 0 Å². The minimum atomic E-state index is 0.479. The molecule has 2 nitrogen and oxygen atoms in total. The number of anilines is 1. The maximum absolute atomic E-state index is 5.85.